The molecule has 1 aromatic rings. The first-order valence-corrected chi connectivity index (χ1v) is 5.65. The van der Waals surface area contributed by atoms with Gasteiger partial charge in [-0.1, -0.05) is 41.3 Å². The first kappa shape index (κ1) is 11.2. The zero-order valence-corrected chi connectivity index (χ0v) is 10.1. The van der Waals surface area contributed by atoms with Crippen LogP contribution in [0, 0.1) is 0 Å². The summed E-state index contributed by atoms with van der Waals surface area (Å²) in [5, 5.41) is 4.12. The van der Waals surface area contributed by atoms with Crippen LogP contribution < -0.4 is 5.46 Å². The molecule has 0 saturated heterocycles. The number of benzene rings is 1. The molecule has 0 spiro atoms. The van der Waals surface area contributed by atoms with E-state index in [1.54, 1.807) is 0 Å². The van der Waals surface area contributed by atoms with Gasteiger partial charge in [0.05, 0.1) is 5.71 Å². The summed E-state index contributed by atoms with van der Waals surface area (Å²) in [5.41, 5.74) is 3.89. The number of oxime groups is 1. The zero-order valence-electron chi connectivity index (χ0n) is 10.1. The third-order valence-corrected chi connectivity index (χ3v) is 2.86. The molecule has 0 amide bonds. The molecule has 0 N–H and O–H groups in total. The maximum absolute atomic E-state index is 5.97. The van der Waals surface area contributed by atoms with Crippen LogP contribution in [-0.4, -0.2) is 19.2 Å². The van der Waals surface area contributed by atoms with Gasteiger partial charge >= 0.3 is 0 Å². The molecule has 3 heteroatoms. The number of hydrogen-bond donors (Lipinski definition) is 0. The monoisotopic (exact) mass is 213 g/mol. The van der Waals surface area contributed by atoms with Gasteiger partial charge in [0.25, 0.3) is 0 Å². The minimum Gasteiger partial charge on any atom is -0.389 e. The van der Waals surface area contributed by atoms with E-state index in [2.05, 4.69) is 24.2 Å². The third-order valence-electron chi connectivity index (χ3n) is 2.86. The third kappa shape index (κ3) is 2.13. The van der Waals surface area contributed by atoms with Crippen molar-refractivity contribution in [1.82, 2.24) is 0 Å². The highest BCUT2D eigenvalue weighted by Gasteiger charge is 2.29. The molecule has 1 heterocycles. The van der Waals surface area contributed by atoms with E-state index < -0.39 is 0 Å². The Morgan fingerprint density at radius 3 is 2.69 bits per heavy atom. The molecule has 0 unspecified atom stereocenters. The molecule has 1 aromatic carbocycles. The van der Waals surface area contributed by atoms with Crippen molar-refractivity contribution in [3.63, 3.8) is 0 Å². The van der Waals surface area contributed by atoms with E-state index in [9.17, 15) is 0 Å². The van der Waals surface area contributed by atoms with Crippen molar-refractivity contribution in [2.24, 2.45) is 5.16 Å². The predicted molar refractivity (Wildman–Crippen MR) is 67.5 cm³/mol. The fourth-order valence-corrected chi connectivity index (χ4v) is 1.90. The predicted octanol–water partition coefficient (Wildman–Crippen LogP) is 1.95. The highest BCUT2D eigenvalue weighted by Crippen LogP contribution is 2.25. The molecule has 0 fully saturated rings. The van der Waals surface area contributed by atoms with Crippen molar-refractivity contribution in [1.29, 1.82) is 0 Å². The minimum absolute atomic E-state index is 0.187. The van der Waals surface area contributed by atoms with E-state index in [-0.39, 0.29) is 5.60 Å². The van der Waals surface area contributed by atoms with Gasteiger partial charge < -0.3 is 4.84 Å². The van der Waals surface area contributed by atoms with E-state index in [0.29, 0.717) is 0 Å². The highest BCUT2D eigenvalue weighted by atomic mass is 16.7. The average Bonchev–Trinajstić information content (AvgIpc) is 2.59. The molecule has 1 aliphatic rings. The van der Waals surface area contributed by atoms with Gasteiger partial charge in [0.2, 0.25) is 0 Å². The van der Waals surface area contributed by atoms with E-state index in [1.807, 2.05) is 19.9 Å². The second-order valence-corrected chi connectivity index (χ2v) is 4.83. The lowest BCUT2D eigenvalue weighted by atomic mass is 9.86. The van der Waals surface area contributed by atoms with Gasteiger partial charge in [-0.25, -0.2) is 0 Å². The Morgan fingerprint density at radius 1 is 1.44 bits per heavy atom. The summed E-state index contributed by atoms with van der Waals surface area (Å²) in [6.07, 6.45) is 1.79. The van der Waals surface area contributed by atoms with Crippen LogP contribution in [-0.2, 0) is 11.3 Å². The lowest BCUT2D eigenvalue weighted by Crippen LogP contribution is -2.20. The number of hydrogen-bond acceptors (Lipinski definition) is 2. The lowest BCUT2D eigenvalue weighted by Gasteiger charge is -2.13. The summed E-state index contributed by atoms with van der Waals surface area (Å²) in [4.78, 5) is 5.35. The van der Waals surface area contributed by atoms with Crippen molar-refractivity contribution < 1.29 is 4.84 Å². The molecule has 2 rings (SSSR count). The van der Waals surface area contributed by atoms with Crippen molar-refractivity contribution in [2.75, 3.05) is 0 Å². The highest BCUT2D eigenvalue weighted by molar-refractivity contribution is 6.33. The average molecular weight is 213 g/mol. The molecule has 0 atom stereocenters. The Labute approximate surface area is 98.1 Å². The van der Waals surface area contributed by atoms with Crippen molar-refractivity contribution in [2.45, 2.75) is 39.2 Å². The number of nitrogens with zero attached hydrogens (tertiary/aromatic N) is 1. The summed E-state index contributed by atoms with van der Waals surface area (Å²) in [6, 6.07) is 6.12. The van der Waals surface area contributed by atoms with E-state index in [1.165, 1.54) is 5.56 Å². The molecule has 2 radical (unpaired) electrons. The summed E-state index contributed by atoms with van der Waals surface area (Å²) in [7, 11) is 5.97. The standard InChI is InChI=1S/C13H16BNO/c1-4-9-5-6-10(7-11(9)14)12-8-13(2,3)16-15-12/h5-7H,4,8H2,1-3H3. The van der Waals surface area contributed by atoms with Gasteiger partial charge in [-0.2, -0.15) is 0 Å². The quantitative estimate of drug-likeness (QED) is 0.688. The summed E-state index contributed by atoms with van der Waals surface area (Å²) >= 11 is 0. The van der Waals surface area contributed by atoms with Gasteiger partial charge in [-0.15, -0.1) is 0 Å². The summed E-state index contributed by atoms with van der Waals surface area (Å²) < 4.78 is 0. The van der Waals surface area contributed by atoms with Crippen molar-refractivity contribution in [3.8, 4) is 0 Å². The smallest absolute Gasteiger partial charge is 0.137 e. The maximum atomic E-state index is 5.97. The first-order chi connectivity index (χ1) is 7.52. The number of aryl methyl sites for hydroxylation is 1. The molecule has 0 saturated carbocycles. The molecule has 16 heavy (non-hydrogen) atoms. The molecule has 82 valence electrons. The SMILES string of the molecule is [B]c1cc(C2=NOC(C)(C)C2)ccc1CC. The van der Waals surface area contributed by atoms with E-state index in [4.69, 9.17) is 12.7 Å². The summed E-state index contributed by atoms with van der Waals surface area (Å²) in [5.74, 6) is 0. The van der Waals surface area contributed by atoms with Crippen molar-refractivity contribution in [3.05, 3.63) is 29.3 Å². The molecule has 0 aliphatic carbocycles. The Morgan fingerprint density at radius 2 is 2.19 bits per heavy atom. The van der Waals surface area contributed by atoms with Crippen LogP contribution in [0.3, 0.4) is 0 Å². The van der Waals surface area contributed by atoms with Crippen LogP contribution >= 0.6 is 0 Å². The Balaban J connectivity index is 2.26. The zero-order chi connectivity index (χ0) is 11.8. The van der Waals surface area contributed by atoms with Gasteiger partial charge in [0.1, 0.15) is 13.4 Å². The van der Waals surface area contributed by atoms with Gasteiger partial charge in [-0.05, 0) is 25.8 Å². The van der Waals surface area contributed by atoms with E-state index >= 15 is 0 Å². The van der Waals surface area contributed by atoms with Gasteiger partial charge in [0.15, 0.2) is 0 Å². The largest absolute Gasteiger partial charge is 0.389 e. The van der Waals surface area contributed by atoms with Crippen LogP contribution in [0.25, 0.3) is 0 Å². The Bertz CT molecular complexity index is 438. The van der Waals surface area contributed by atoms with Crippen LogP contribution in [0.2, 0.25) is 0 Å². The molecule has 1 aliphatic heterocycles. The normalized spacial score (nSPS) is 18.1. The second-order valence-electron chi connectivity index (χ2n) is 4.83. The van der Waals surface area contributed by atoms with Crippen LogP contribution in [0.1, 0.15) is 38.3 Å². The Hall–Kier alpha value is -1.25. The molecular formula is C13H16BNO. The van der Waals surface area contributed by atoms with Crippen LogP contribution in [0.15, 0.2) is 23.4 Å². The van der Waals surface area contributed by atoms with Crippen molar-refractivity contribution >= 4 is 19.0 Å². The summed E-state index contributed by atoms with van der Waals surface area (Å²) in [6.45, 7) is 6.17. The lowest BCUT2D eigenvalue weighted by molar-refractivity contribution is 0.0123. The maximum Gasteiger partial charge on any atom is 0.137 e. The molecule has 0 bridgehead atoms. The topological polar surface area (TPSA) is 21.6 Å². The molecule has 2 nitrogen and oxygen atoms in total. The second kappa shape index (κ2) is 3.97. The molecular weight excluding hydrogens is 197 g/mol. The van der Waals surface area contributed by atoms with Gasteiger partial charge in [-0.3, -0.25) is 0 Å². The minimum atomic E-state index is -0.187. The Kier molecular flexibility index (Phi) is 2.79. The van der Waals surface area contributed by atoms with Crippen LogP contribution in [0.5, 0.6) is 0 Å². The van der Waals surface area contributed by atoms with Gasteiger partial charge in [0, 0.05) is 6.42 Å². The van der Waals surface area contributed by atoms with E-state index in [0.717, 1.165) is 29.6 Å². The van der Waals surface area contributed by atoms with Crippen LogP contribution in [0.4, 0.5) is 0 Å². The fraction of sp³-hybridized carbons (Fsp3) is 0.462. The number of rotatable bonds is 2. The first-order valence-electron chi connectivity index (χ1n) is 5.65. The molecule has 0 aromatic heterocycles. The fourth-order valence-electron chi connectivity index (χ4n) is 1.90.